The fraction of sp³-hybridized carbons (Fsp3) is 0.118. The number of pyridine rings is 1. The van der Waals surface area contributed by atoms with Gasteiger partial charge in [-0.3, -0.25) is 0 Å². The average Bonchev–Trinajstić information content (AvgIpc) is 3.02. The van der Waals surface area contributed by atoms with Gasteiger partial charge < -0.3 is 14.5 Å². The minimum absolute atomic E-state index is 0.572. The molecule has 0 saturated carbocycles. The van der Waals surface area contributed by atoms with Crippen LogP contribution in [0.5, 0.6) is 11.6 Å². The summed E-state index contributed by atoms with van der Waals surface area (Å²) < 4.78 is 10.9. The van der Waals surface area contributed by atoms with Crippen LogP contribution in [-0.4, -0.2) is 4.98 Å². The van der Waals surface area contributed by atoms with Crippen molar-refractivity contribution in [1.82, 2.24) is 4.98 Å². The van der Waals surface area contributed by atoms with Gasteiger partial charge in [0.25, 0.3) is 0 Å². The molecule has 3 rings (SSSR count). The number of ether oxygens (including phenoxy) is 1. The molecular formula is C17H16N2O2. The van der Waals surface area contributed by atoms with Gasteiger partial charge in [-0.25, -0.2) is 4.98 Å². The van der Waals surface area contributed by atoms with Crippen LogP contribution < -0.4 is 10.1 Å². The summed E-state index contributed by atoms with van der Waals surface area (Å²) in [5, 5.41) is 3.23. The second-order valence-corrected chi connectivity index (χ2v) is 4.73. The Bertz CT molecular complexity index is 674. The van der Waals surface area contributed by atoms with Gasteiger partial charge in [0.15, 0.2) is 0 Å². The number of furan rings is 1. The molecule has 1 aromatic carbocycles. The lowest BCUT2D eigenvalue weighted by Gasteiger charge is -2.07. The third-order valence-corrected chi connectivity index (χ3v) is 3.03. The number of hydrogen-bond acceptors (Lipinski definition) is 4. The van der Waals surface area contributed by atoms with E-state index in [-0.39, 0.29) is 0 Å². The van der Waals surface area contributed by atoms with E-state index in [1.807, 2.05) is 55.5 Å². The highest BCUT2D eigenvalue weighted by atomic mass is 16.5. The van der Waals surface area contributed by atoms with Gasteiger partial charge in [-0.15, -0.1) is 0 Å². The molecule has 0 bridgehead atoms. The van der Waals surface area contributed by atoms with Crippen molar-refractivity contribution < 1.29 is 9.15 Å². The van der Waals surface area contributed by atoms with Crippen LogP contribution in [0.4, 0.5) is 5.69 Å². The molecule has 0 unspecified atom stereocenters. The van der Waals surface area contributed by atoms with E-state index in [0.717, 1.165) is 17.2 Å². The Morgan fingerprint density at radius 2 is 1.95 bits per heavy atom. The zero-order chi connectivity index (χ0) is 14.5. The molecule has 0 saturated heterocycles. The van der Waals surface area contributed by atoms with Crippen LogP contribution in [0.25, 0.3) is 0 Å². The first kappa shape index (κ1) is 13.2. The molecule has 0 aliphatic rings. The van der Waals surface area contributed by atoms with E-state index in [2.05, 4.69) is 10.3 Å². The minimum Gasteiger partial charge on any atom is -0.467 e. The van der Waals surface area contributed by atoms with Gasteiger partial charge in [-0.05, 0) is 37.3 Å². The van der Waals surface area contributed by atoms with Crippen LogP contribution in [0.15, 0.2) is 65.4 Å². The molecule has 0 aliphatic carbocycles. The SMILES string of the molecule is Cc1ccc(Oc2ccc(NCc3ccco3)cn2)cc1. The number of rotatable bonds is 5. The summed E-state index contributed by atoms with van der Waals surface area (Å²) in [7, 11) is 0. The Labute approximate surface area is 123 Å². The second kappa shape index (κ2) is 6.13. The van der Waals surface area contributed by atoms with Crippen molar-refractivity contribution in [2.24, 2.45) is 0 Å². The van der Waals surface area contributed by atoms with Crippen molar-refractivity contribution in [3.8, 4) is 11.6 Å². The molecule has 3 aromatic rings. The molecule has 0 atom stereocenters. The highest BCUT2D eigenvalue weighted by Crippen LogP contribution is 2.21. The Morgan fingerprint density at radius 1 is 1.10 bits per heavy atom. The molecule has 2 heterocycles. The van der Waals surface area contributed by atoms with E-state index < -0.39 is 0 Å². The average molecular weight is 280 g/mol. The quantitative estimate of drug-likeness (QED) is 0.753. The Kier molecular flexibility index (Phi) is 3.87. The number of hydrogen-bond donors (Lipinski definition) is 1. The van der Waals surface area contributed by atoms with E-state index in [4.69, 9.17) is 9.15 Å². The van der Waals surface area contributed by atoms with E-state index >= 15 is 0 Å². The minimum atomic E-state index is 0.572. The van der Waals surface area contributed by atoms with E-state index in [9.17, 15) is 0 Å². The number of nitrogens with zero attached hydrogens (tertiary/aromatic N) is 1. The monoisotopic (exact) mass is 280 g/mol. The number of benzene rings is 1. The third kappa shape index (κ3) is 3.63. The topological polar surface area (TPSA) is 47.3 Å². The van der Waals surface area contributed by atoms with Gasteiger partial charge in [0.1, 0.15) is 11.5 Å². The van der Waals surface area contributed by atoms with Crippen LogP contribution in [0.2, 0.25) is 0 Å². The molecular weight excluding hydrogens is 264 g/mol. The molecule has 106 valence electrons. The smallest absolute Gasteiger partial charge is 0.219 e. The first-order chi connectivity index (χ1) is 10.3. The van der Waals surface area contributed by atoms with Gasteiger partial charge in [0, 0.05) is 6.07 Å². The highest BCUT2D eigenvalue weighted by molar-refractivity contribution is 5.43. The maximum absolute atomic E-state index is 5.68. The lowest BCUT2D eigenvalue weighted by molar-refractivity contribution is 0.463. The van der Waals surface area contributed by atoms with Crippen molar-refractivity contribution in [2.45, 2.75) is 13.5 Å². The van der Waals surface area contributed by atoms with E-state index in [1.165, 1.54) is 5.56 Å². The van der Waals surface area contributed by atoms with Crippen molar-refractivity contribution in [3.05, 3.63) is 72.3 Å². The summed E-state index contributed by atoms with van der Waals surface area (Å²) in [5.41, 5.74) is 2.12. The van der Waals surface area contributed by atoms with Gasteiger partial charge >= 0.3 is 0 Å². The van der Waals surface area contributed by atoms with E-state index in [0.29, 0.717) is 12.4 Å². The summed E-state index contributed by atoms with van der Waals surface area (Å²) >= 11 is 0. The standard InChI is InChI=1S/C17H16N2O2/c1-13-4-7-15(8-5-13)21-17-9-6-14(11-19-17)18-12-16-3-2-10-20-16/h2-11,18H,12H2,1H3. The fourth-order valence-corrected chi connectivity index (χ4v) is 1.87. The summed E-state index contributed by atoms with van der Waals surface area (Å²) in [5.74, 6) is 2.24. The number of aromatic nitrogens is 1. The number of aryl methyl sites for hydroxylation is 1. The second-order valence-electron chi connectivity index (χ2n) is 4.73. The highest BCUT2D eigenvalue weighted by Gasteiger charge is 2.00. The van der Waals surface area contributed by atoms with Crippen LogP contribution in [0, 0.1) is 6.92 Å². The molecule has 4 heteroatoms. The number of anilines is 1. The maximum atomic E-state index is 5.68. The van der Waals surface area contributed by atoms with Gasteiger partial charge in [0.05, 0.1) is 24.7 Å². The van der Waals surface area contributed by atoms with Crippen LogP contribution in [-0.2, 0) is 6.54 Å². The third-order valence-electron chi connectivity index (χ3n) is 3.03. The van der Waals surface area contributed by atoms with Crippen LogP contribution in [0.1, 0.15) is 11.3 Å². The van der Waals surface area contributed by atoms with Crippen LogP contribution >= 0.6 is 0 Å². The van der Waals surface area contributed by atoms with E-state index in [1.54, 1.807) is 12.5 Å². The van der Waals surface area contributed by atoms with Gasteiger partial charge in [-0.1, -0.05) is 17.7 Å². The predicted octanol–water partition coefficient (Wildman–Crippen LogP) is 4.39. The normalized spacial score (nSPS) is 10.3. The summed E-state index contributed by atoms with van der Waals surface area (Å²) in [6, 6.07) is 15.4. The van der Waals surface area contributed by atoms with Crippen molar-refractivity contribution in [3.63, 3.8) is 0 Å². The molecule has 1 N–H and O–H groups in total. The zero-order valence-corrected chi connectivity index (χ0v) is 11.7. The van der Waals surface area contributed by atoms with Gasteiger partial charge in [0.2, 0.25) is 5.88 Å². The summed E-state index contributed by atoms with van der Waals surface area (Å²) in [6.45, 7) is 2.67. The molecule has 2 aromatic heterocycles. The first-order valence-corrected chi connectivity index (χ1v) is 6.76. The molecule has 0 amide bonds. The first-order valence-electron chi connectivity index (χ1n) is 6.76. The summed E-state index contributed by atoms with van der Waals surface area (Å²) in [6.07, 6.45) is 3.40. The largest absolute Gasteiger partial charge is 0.467 e. The van der Waals surface area contributed by atoms with Crippen LogP contribution in [0.3, 0.4) is 0 Å². The molecule has 21 heavy (non-hydrogen) atoms. The molecule has 0 aliphatic heterocycles. The molecule has 0 spiro atoms. The van der Waals surface area contributed by atoms with Crippen molar-refractivity contribution in [2.75, 3.05) is 5.32 Å². The predicted molar refractivity (Wildman–Crippen MR) is 81.5 cm³/mol. The number of nitrogens with one attached hydrogen (secondary N) is 1. The lowest BCUT2D eigenvalue weighted by atomic mass is 10.2. The lowest BCUT2D eigenvalue weighted by Crippen LogP contribution is -1.98. The zero-order valence-electron chi connectivity index (χ0n) is 11.7. The Balaban J connectivity index is 1.59. The van der Waals surface area contributed by atoms with Crippen molar-refractivity contribution in [1.29, 1.82) is 0 Å². The Morgan fingerprint density at radius 3 is 2.62 bits per heavy atom. The molecule has 0 radical (unpaired) electrons. The fourth-order valence-electron chi connectivity index (χ4n) is 1.87. The molecule has 4 nitrogen and oxygen atoms in total. The summed E-state index contributed by atoms with van der Waals surface area (Å²) in [4.78, 5) is 4.28. The Hall–Kier alpha value is -2.75. The van der Waals surface area contributed by atoms with Gasteiger partial charge in [-0.2, -0.15) is 0 Å². The van der Waals surface area contributed by atoms with Crippen molar-refractivity contribution >= 4 is 5.69 Å². The molecule has 0 fully saturated rings. The maximum Gasteiger partial charge on any atom is 0.219 e.